The molecule has 0 bridgehead atoms. The molecule has 0 saturated heterocycles. The van der Waals surface area contributed by atoms with Crippen molar-refractivity contribution in [1.29, 1.82) is 0 Å². The standard InChI is InChI=1S/C13H27NO/c1-3-12(4-2)14-10-13(15)9-11-7-5-6-8-11/h11-15H,3-10H2,1-2H3. The quantitative estimate of drug-likeness (QED) is 0.681. The van der Waals surface area contributed by atoms with Crippen LogP contribution in [0.3, 0.4) is 0 Å². The van der Waals surface area contributed by atoms with Crippen molar-refractivity contribution < 1.29 is 5.11 Å². The van der Waals surface area contributed by atoms with Crippen LogP contribution in [-0.2, 0) is 0 Å². The van der Waals surface area contributed by atoms with Gasteiger partial charge in [-0.15, -0.1) is 0 Å². The average Bonchev–Trinajstić information content (AvgIpc) is 2.72. The van der Waals surface area contributed by atoms with Crippen molar-refractivity contribution in [1.82, 2.24) is 5.32 Å². The highest BCUT2D eigenvalue weighted by atomic mass is 16.3. The van der Waals surface area contributed by atoms with Gasteiger partial charge in [0.1, 0.15) is 0 Å². The minimum absolute atomic E-state index is 0.131. The van der Waals surface area contributed by atoms with Crippen molar-refractivity contribution in [2.75, 3.05) is 6.54 Å². The molecule has 1 saturated carbocycles. The third kappa shape index (κ3) is 4.98. The number of aliphatic hydroxyl groups excluding tert-OH is 1. The molecule has 0 amide bonds. The molecule has 2 N–H and O–H groups in total. The maximum absolute atomic E-state index is 9.89. The van der Waals surface area contributed by atoms with Crippen molar-refractivity contribution >= 4 is 0 Å². The number of aliphatic hydroxyl groups is 1. The zero-order valence-corrected chi connectivity index (χ0v) is 10.3. The molecule has 15 heavy (non-hydrogen) atoms. The van der Waals surface area contributed by atoms with Gasteiger partial charge in [0.15, 0.2) is 0 Å². The molecule has 2 heteroatoms. The van der Waals surface area contributed by atoms with Crippen LogP contribution in [0.4, 0.5) is 0 Å². The van der Waals surface area contributed by atoms with Gasteiger partial charge in [-0.3, -0.25) is 0 Å². The van der Waals surface area contributed by atoms with Crippen molar-refractivity contribution in [3.8, 4) is 0 Å². The maximum Gasteiger partial charge on any atom is 0.0667 e. The second kappa shape index (κ2) is 7.24. The Labute approximate surface area is 94.5 Å². The molecule has 0 heterocycles. The maximum atomic E-state index is 9.89. The van der Waals surface area contributed by atoms with Gasteiger partial charge in [-0.25, -0.2) is 0 Å². The smallest absolute Gasteiger partial charge is 0.0667 e. The average molecular weight is 213 g/mol. The summed E-state index contributed by atoms with van der Waals surface area (Å²) in [5.41, 5.74) is 0. The number of hydrogen-bond donors (Lipinski definition) is 2. The van der Waals surface area contributed by atoms with E-state index >= 15 is 0 Å². The molecule has 90 valence electrons. The Balaban J connectivity index is 2.09. The van der Waals surface area contributed by atoms with Gasteiger partial charge in [0.05, 0.1) is 6.10 Å². The summed E-state index contributed by atoms with van der Waals surface area (Å²) in [4.78, 5) is 0. The predicted octanol–water partition coefficient (Wildman–Crippen LogP) is 2.71. The number of nitrogens with one attached hydrogen (secondary N) is 1. The van der Waals surface area contributed by atoms with Crippen LogP contribution in [-0.4, -0.2) is 23.8 Å². The molecular formula is C13H27NO. The van der Waals surface area contributed by atoms with Gasteiger partial charge >= 0.3 is 0 Å². The molecule has 1 aliphatic rings. The lowest BCUT2D eigenvalue weighted by molar-refractivity contribution is 0.136. The summed E-state index contributed by atoms with van der Waals surface area (Å²) in [5, 5.41) is 13.3. The Morgan fingerprint density at radius 2 is 1.80 bits per heavy atom. The summed E-state index contributed by atoms with van der Waals surface area (Å²) < 4.78 is 0. The first-order valence-electron chi connectivity index (χ1n) is 6.67. The van der Waals surface area contributed by atoms with E-state index < -0.39 is 0 Å². The molecule has 0 aliphatic heterocycles. The Hall–Kier alpha value is -0.0800. The summed E-state index contributed by atoms with van der Waals surface area (Å²) in [5.74, 6) is 0.795. The van der Waals surface area contributed by atoms with E-state index in [2.05, 4.69) is 19.2 Å². The molecule has 1 aliphatic carbocycles. The van der Waals surface area contributed by atoms with E-state index in [1.165, 1.54) is 25.7 Å². The highest BCUT2D eigenvalue weighted by Gasteiger charge is 2.18. The lowest BCUT2D eigenvalue weighted by Gasteiger charge is -2.20. The van der Waals surface area contributed by atoms with E-state index in [4.69, 9.17) is 0 Å². The van der Waals surface area contributed by atoms with Crippen LogP contribution in [0.15, 0.2) is 0 Å². The van der Waals surface area contributed by atoms with Crippen LogP contribution in [0.25, 0.3) is 0 Å². The first-order valence-corrected chi connectivity index (χ1v) is 6.67. The highest BCUT2D eigenvalue weighted by Crippen LogP contribution is 2.28. The molecule has 0 aromatic carbocycles. The minimum Gasteiger partial charge on any atom is -0.392 e. The molecule has 0 aromatic rings. The lowest BCUT2D eigenvalue weighted by atomic mass is 10.00. The zero-order valence-electron chi connectivity index (χ0n) is 10.3. The van der Waals surface area contributed by atoms with Crippen LogP contribution in [0, 0.1) is 5.92 Å². The van der Waals surface area contributed by atoms with Crippen LogP contribution >= 0.6 is 0 Å². The van der Waals surface area contributed by atoms with Gasteiger partial charge in [-0.2, -0.15) is 0 Å². The van der Waals surface area contributed by atoms with E-state index in [0.29, 0.717) is 6.04 Å². The third-order valence-corrected chi connectivity index (χ3v) is 3.71. The normalized spacial score (nSPS) is 20.0. The first-order chi connectivity index (χ1) is 7.26. The number of rotatable bonds is 7. The van der Waals surface area contributed by atoms with Crippen LogP contribution in [0.1, 0.15) is 58.8 Å². The molecule has 0 aromatic heterocycles. The topological polar surface area (TPSA) is 32.3 Å². The van der Waals surface area contributed by atoms with Gasteiger partial charge in [-0.05, 0) is 25.2 Å². The second-order valence-electron chi connectivity index (χ2n) is 4.96. The van der Waals surface area contributed by atoms with E-state index in [9.17, 15) is 5.11 Å². The van der Waals surface area contributed by atoms with Crippen LogP contribution in [0.2, 0.25) is 0 Å². The van der Waals surface area contributed by atoms with Gasteiger partial charge in [0, 0.05) is 12.6 Å². The summed E-state index contributed by atoms with van der Waals surface area (Å²) in [6.45, 7) is 5.18. The highest BCUT2D eigenvalue weighted by molar-refractivity contribution is 4.73. The monoisotopic (exact) mass is 213 g/mol. The molecule has 1 atom stereocenters. The first kappa shape index (κ1) is 13.0. The summed E-state index contributed by atoms with van der Waals surface area (Å²) in [6.07, 6.45) is 8.61. The molecule has 2 nitrogen and oxygen atoms in total. The minimum atomic E-state index is -0.131. The second-order valence-corrected chi connectivity index (χ2v) is 4.96. The molecule has 0 spiro atoms. The lowest BCUT2D eigenvalue weighted by Crippen LogP contribution is -2.35. The molecule has 1 fully saturated rings. The van der Waals surface area contributed by atoms with Crippen molar-refractivity contribution in [2.45, 2.75) is 70.9 Å². The van der Waals surface area contributed by atoms with Crippen LogP contribution < -0.4 is 5.32 Å². The third-order valence-electron chi connectivity index (χ3n) is 3.71. The summed E-state index contributed by atoms with van der Waals surface area (Å²) in [6, 6.07) is 0.586. The van der Waals surface area contributed by atoms with Gasteiger partial charge < -0.3 is 10.4 Å². The predicted molar refractivity (Wildman–Crippen MR) is 65.0 cm³/mol. The molecule has 1 rings (SSSR count). The summed E-state index contributed by atoms with van der Waals surface area (Å²) in [7, 11) is 0. The summed E-state index contributed by atoms with van der Waals surface area (Å²) >= 11 is 0. The van der Waals surface area contributed by atoms with Crippen molar-refractivity contribution in [3.05, 3.63) is 0 Å². The fourth-order valence-corrected chi connectivity index (χ4v) is 2.59. The fraction of sp³-hybridized carbons (Fsp3) is 1.00. The fourth-order valence-electron chi connectivity index (χ4n) is 2.59. The van der Waals surface area contributed by atoms with E-state index in [1.54, 1.807) is 0 Å². The van der Waals surface area contributed by atoms with Crippen molar-refractivity contribution in [3.63, 3.8) is 0 Å². The Morgan fingerprint density at radius 1 is 1.20 bits per heavy atom. The SMILES string of the molecule is CCC(CC)NCC(O)CC1CCCC1. The zero-order chi connectivity index (χ0) is 11.1. The van der Waals surface area contributed by atoms with E-state index in [1.807, 2.05) is 0 Å². The Bertz CT molecular complexity index is 151. The van der Waals surface area contributed by atoms with E-state index in [0.717, 1.165) is 31.7 Å². The largest absolute Gasteiger partial charge is 0.392 e. The van der Waals surface area contributed by atoms with Gasteiger partial charge in [0.25, 0.3) is 0 Å². The van der Waals surface area contributed by atoms with Gasteiger partial charge in [-0.1, -0.05) is 39.5 Å². The molecule has 0 radical (unpaired) electrons. The van der Waals surface area contributed by atoms with Gasteiger partial charge in [0.2, 0.25) is 0 Å². The molecular weight excluding hydrogens is 186 g/mol. The Morgan fingerprint density at radius 3 is 2.33 bits per heavy atom. The van der Waals surface area contributed by atoms with Crippen LogP contribution in [0.5, 0.6) is 0 Å². The van der Waals surface area contributed by atoms with Crippen molar-refractivity contribution in [2.24, 2.45) is 5.92 Å². The number of hydrogen-bond acceptors (Lipinski definition) is 2. The molecule has 1 unspecified atom stereocenters. The Kier molecular flexibility index (Phi) is 6.26. The van der Waals surface area contributed by atoms with E-state index in [-0.39, 0.29) is 6.10 Å².